The normalized spacial score (nSPS) is 20.7. The molecule has 1 amide bonds. The first kappa shape index (κ1) is 17.2. The summed E-state index contributed by atoms with van der Waals surface area (Å²) < 4.78 is 5.45. The van der Waals surface area contributed by atoms with E-state index in [-0.39, 0.29) is 11.9 Å². The van der Waals surface area contributed by atoms with Gasteiger partial charge in [-0.05, 0) is 18.1 Å². The van der Waals surface area contributed by atoms with Gasteiger partial charge in [-0.3, -0.25) is 14.4 Å². The van der Waals surface area contributed by atoms with Crippen LogP contribution in [0.25, 0.3) is 0 Å². The lowest BCUT2D eigenvalue weighted by Crippen LogP contribution is -2.61. The maximum absolute atomic E-state index is 12.6. The minimum absolute atomic E-state index is 0.168. The van der Waals surface area contributed by atoms with Gasteiger partial charge in [-0.1, -0.05) is 60.7 Å². The summed E-state index contributed by atoms with van der Waals surface area (Å²) in [5.41, 5.74) is 1.80. The van der Waals surface area contributed by atoms with Gasteiger partial charge in [0, 0.05) is 6.92 Å². The highest BCUT2D eigenvalue weighted by Gasteiger charge is 2.51. The Hall–Kier alpha value is -2.66. The molecule has 25 heavy (non-hydrogen) atoms. The van der Waals surface area contributed by atoms with Crippen molar-refractivity contribution in [2.24, 2.45) is 5.92 Å². The van der Waals surface area contributed by atoms with E-state index in [1.165, 1.54) is 12.0 Å². The molecule has 3 rings (SSSR count). The molecule has 0 aromatic heterocycles. The van der Waals surface area contributed by atoms with Crippen LogP contribution >= 0.6 is 0 Å². The van der Waals surface area contributed by atoms with Gasteiger partial charge in [-0.25, -0.2) is 5.06 Å². The van der Waals surface area contributed by atoms with Crippen LogP contribution < -0.4 is 0 Å². The lowest BCUT2D eigenvalue weighted by atomic mass is 9.82. The van der Waals surface area contributed by atoms with Gasteiger partial charge in [-0.2, -0.15) is 0 Å². The zero-order chi connectivity index (χ0) is 17.8. The first-order chi connectivity index (χ1) is 12.1. The predicted molar refractivity (Wildman–Crippen MR) is 92.0 cm³/mol. The molecule has 1 aliphatic rings. The van der Waals surface area contributed by atoms with Crippen molar-refractivity contribution in [3.05, 3.63) is 71.8 Å². The van der Waals surface area contributed by atoms with Crippen LogP contribution in [-0.4, -0.2) is 23.0 Å². The molecule has 0 radical (unpaired) electrons. The second-order valence-electron chi connectivity index (χ2n) is 6.13. The smallest absolute Gasteiger partial charge is 0.303 e. The molecule has 3 atom stereocenters. The molecule has 5 heteroatoms. The predicted octanol–water partition coefficient (Wildman–Crippen LogP) is 3.27. The van der Waals surface area contributed by atoms with E-state index < -0.39 is 18.0 Å². The minimum Gasteiger partial charge on any atom is -0.457 e. The molecule has 5 nitrogen and oxygen atoms in total. The maximum atomic E-state index is 12.6. The molecule has 2 aromatic rings. The first-order valence-electron chi connectivity index (χ1n) is 8.30. The zero-order valence-electron chi connectivity index (χ0n) is 14.3. The highest BCUT2D eigenvalue weighted by atomic mass is 16.7. The molecule has 1 saturated heterocycles. The van der Waals surface area contributed by atoms with Crippen LogP contribution in [0.4, 0.5) is 0 Å². The molecule has 0 N–H and O–H groups in total. The van der Waals surface area contributed by atoms with Crippen LogP contribution in [0.15, 0.2) is 60.7 Å². The molecule has 0 bridgehead atoms. The summed E-state index contributed by atoms with van der Waals surface area (Å²) >= 11 is 0. The Morgan fingerprint density at radius 1 is 1.08 bits per heavy atom. The van der Waals surface area contributed by atoms with Crippen molar-refractivity contribution in [3.8, 4) is 0 Å². The number of esters is 1. The van der Waals surface area contributed by atoms with Crippen molar-refractivity contribution in [1.29, 1.82) is 0 Å². The molecule has 1 aliphatic heterocycles. The van der Waals surface area contributed by atoms with Gasteiger partial charge in [0.2, 0.25) is 0 Å². The number of benzene rings is 2. The van der Waals surface area contributed by atoms with Gasteiger partial charge in [0.1, 0.15) is 18.6 Å². The number of carbonyl (C=O) groups is 2. The monoisotopic (exact) mass is 339 g/mol. The number of hydroxylamine groups is 2. The molecule has 2 aromatic carbocycles. The highest BCUT2D eigenvalue weighted by molar-refractivity contribution is 5.86. The third-order valence-electron chi connectivity index (χ3n) is 4.35. The fraction of sp³-hybridized carbons (Fsp3) is 0.300. The average molecular weight is 339 g/mol. The quantitative estimate of drug-likeness (QED) is 0.599. The van der Waals surface area contributed by atoms with E-state index in [1.54, 1.807) is 0 Å². The summed E-state index contributed by atoms with van der Waals surface area (Å²) in [7, 11) is 0. The van der Waals surface area contributed by atoms with E-state index in [2.05, 4.69) is 0 Å². The fourth-order valence-electron chi connectivity index (χ4n) is 3.07. The standard InChI is InChI=1S/C20H21NO4/c1-14-18(19(25-15(2)22)17-11-7-4-8-12-17)20(23)21(14)24-13-16-9-5-3-6-10-16/h3-12,14,18-19H,13H2,1-2H3/t14-,18-,19+/m0/s1. The van der Waals surface area contributed by atoms with E-state index in [0.29, 0.717) is 6.61 Å². The summed E-state index contributed by atoms with van der Waals surface area (Å²) in [6.07, 6.45) is -0.599. The lowest BCUT2D eigenvalue weighted by molar-refractivity contribution is -0.256. The van der Waals surface area contributed by atoms with E-state index >= 15 is 0 Å². The SMILES string of the molecule is CC(=O)O[C@H](c1ccccc1)[C@H]1C(=O)N(OCc2ccccc2)[C@H]1C. The molecule has 0 saturated carbocycles. The second-order valence-corrected chi connectivity index (χ2v) is 6.13. The topological polar surface area (TPSA) is 55.8 Å². The number of hydrogen-bond acceptors (Lipinski definition) is 4. The summed E-state index contributed by atoms with van der Waals surface area (Å²) in [6.45, 7) is 3.58. The van der Waals surface area contributed by atoms with Gasteiger partial charge in [0.05, 0.1) is 6.04 Å². The average Bonchev–Trinajstić information content (AvgIpc) is 2.62. The minimum atomic E-state index is -0.599. The molecular weight excluding hydrogens is 318 g/mol. The van der Waals surface area contributed by atoms with Crippen molar-refractivity contribution in [2.75, 3.05) is 0 Å². The number of amides is 1. The summed E-state index contributed by atoms with van der Waals surface area (Å²) in [5, 5.41) is 1.37. The summed E-state index contributed by atoms with van der Waals surface area (Å²) in [4.78, 5) is 29.8. The Morgan fingerprint density at radius 3 is 2.24 bits per heavy atom. The van der Waals surface area contributed by atoms with E-state index in [1.807, 2.05) is 67.6 Å². The van der Waals surface area contributed by atoms with Crippen LogP contribution in [0, 0.1) is 5.92 Å². The fourth-order valence-corrected chi connectivity index (χ4v) is 3.07. The second kappa shape index (κ2) is 7.49. The highest BCUT2D eigenvalue weighted by Crippen LogP contribution is 2.39. The first-order valence-corrected chi connectivity index (χ1v) is 8.30. The van der Waals surface area contributed by atoms with E-state index in [9.17, 15) is 9.59 Å². The molecule has 0 aliphatic carbocycles. The lowest BCUT2D eigenvalue weighted by Gasteiger charge is -2.46. The zero-order valence-corrected chi connectivity index (χ0v) is 14.3. The van der Waals surface area contributed by atoms with Crippen LogP contribution in [-0.2, 0) is 25.8 Å². The largest absolute Gasteiger partial charge is 0.457 e. The van der Waals surface area contributed by atoms with Crippen molar-refractivity contribution in [1.82, 2.24) is 5.06 Å². The molecule has 0 spiro atoms. The van der Waals surface area contributed by atoms with Gasteiger partial charge >= 0.3 is 5.97 Å². The van der Waals surface area contributed by atoms with Crippen LogP contribution in [0.3, 0.4) is 0 Å². The van der Waals surface area contributed by atoms with Crippen LogP contribution in [0.2, 0.25) is 0 Å². The Labute approximate surface area is 147 Å². The summed E-state index contributed by atoms with van der Waals surface area (Å²) in [6, 6.07) is 18.8. The maximum Gasteiger partial charge on any atom is 0.303 e. The van der Waals surface area contributed by atoms with Gasteiger partial charge in [0.25, 0.3) is 5.91 Å². The molecule has 130 valence electrons. The number of β-lactam (4-membered cyclic amide) rings is 1. The number of rotatable bonds is 6. The van der Waals surface area contributed by atoms with Crippen molar-refractivity contribution in [3.63, 3.8) is 0 Å². The van der Waals surface area contributed by atoms with E-state index in [0.717, 1.165) is 11.1 Å². The van der Waals surface area contributed by atoms with Crippen LogP contribution in [0.5, 0.6) is 0 Å². The van der Waals surface area contributed by atoms with E-state index in [4.69, 9.17) is 9.57 Å². The van der Waals surface area contributed by atoms with Crippen molar-refractivity contribution in [2.45, 2.75) is 32.6 Å². The Balaban J connectivity index is 1.69. The Bertz CT molecular complexity index is 732. The van der Waals surface area contributed by atoms with Crippen LogP contribution in [0.1, 0.15) is 31.1 Å². The van der Waals surface area contributed by atoms with Gasteiger partial charge < -0.3 is 4.74 Å². The van der Waals surface area contributed by atoms with Crippen molar-refractivity contribution < 1.29 is 19.2 Å². The summed E-state index contributed by atoms with van der Waals surface area (Å²) in [5.74, 6) is -1.02. The van der Waals surface area contributed by atoms with Crippen molar-refractivity contribution >= 4 is 11.9 Å². The van der Waals surface area contributed by atoms with Gasteiger partial charge in [0.15, 0.2) is 0 Å². The number of nitrogens with zero attached hydrogens (tertiary/aromatic N) is 1. The Kier molecular flexibility index (Phi) is 5.14. The number of ether oxygens (including phenoxy) is 1. The molecule has 1 heterocycles. The molecule has 1 fully saturated rings. The van der Waals surface area contributed by atoms with Gasteiger partial charge in [-0.15, -0.1) is 0 Å². The third kappa shape index (κ3) is 3.72. The number of hydrogen-bond donors (Lipinski definition) is 0. The Morgan fingerprint density at radius 2 is 1.68 bits per heavy atom. The molecule has 0 unspecified atom stereocenters. The molecular formula is C20H21NO4. The third-order valence-corrected chi connectivity index (χ3v) is 4.35. The number of carbonyl (C=O) groups excluding carboxylic acids is 2.